The van der Waals surface area contributed by atoms with Crippen LogP contribution in [0.1, 0.15) is 48.7 Å². The minimum absolute atomic E-state index is 0.00179. The molecule has 2 aromatic rings. The molecule has 0 spiro atoms. The van der Waals surface area contributed by atoms with Crippen molar-refractivity contribution in [1.29, 1.82) is 0 Å². The molecule has 2 aliphatic rings. The van der Waals surface area contributed by atoms with E-state index in [1.165, 1.54) is 11.3 Å². The second kappa shape index (κ2) is 9.60. The van der Waals surface area contributed by atoms with Crippen LogP contribution in [0.3, 0.4) is 0 Å². The first kappa shape index (κ1) is 21.5. The Hall–Kier alpha value is -2.74. The Kier molecular flexibility index (Phi) is 6.65. The van der Waals surface area contributed by atoms with Gasteiger partial charge in [-0.3, -0.25) is 14.4 Å². The van der Waals surface area contributed by atoms with Gasteiger partial charge in [-0.25, -0.2) is 4.98 Å². The van der Waals surface area contributed by atoms with E-state index >= 15 is 0 Å². The smallest absolute Gasteiger partial charge is 0.254 e. The quantitative estimate of drug-likeness (QED) is 0.717. The van der Waals surface area contributed by atoms with Crippen LogP contribution in [-0.2, 0) is 16.0 Å². The highest BCUT2D eigenvalue weighted by Gasteiger charge is 2.34. The molecule has 0 bridgehead atoms. The van der Waals surface area contributed by atoms with Gasteiger partial charge in [0, 0.05) is 30.1 Å². The molecule has 7 nitrogen and oxygen atoms in total. The summed E-state index contributed by atoms with van der Waals surface area (Å²) >= 11 is 1.31. The zero-order valence-electron chi connectivity index (χ0n) is 17.8. The topological polar surface area (TPSA) is 82.6 Å². The first-order valence-corrected chi connectivity index (χ1v) is 11.8. The van der Waals surface area contributed by atoms with Gasteiger partial charge in [0.05, 0.1) is 12.1 Å². The summed E-state index contributed by atoms with van der Waals surface area (Å²) in [6, 6.07) is 9.16. The number of thiazole rings is 1. The van der Waals surface area contributed by atoms with Gasteiger partial charge in [0.1, 0.15) is 6.54 Å². The van der Waals surface area contributed by atoms with Crippen molar-refractivity contribution in [1.82, 2.24) is 14.8 Å². The van der Waals surface area contributed by atoms with Crippen molar-refractivity contribution in [3.63, 3.8) is 0 Å². The van der Waals surface area contributed by atoms with Crippen molar-refractivity contribution >= 4 is 34.2 Å². The standard InChI is InChI=1S/C23H28N4O3S/c1-16-9-11-26(12-10-16)21(29)13-18-15-31-23(24-18)25-20(28)14-27(19-7-8-19)22(30)17-5-3-2-4-6-17/h2-6,15-16,19H,7-14H2,1H3,(H,24,25,28). The van der Waals surface area contributed by atoms with E-state index in [9.17, 15) is 14.4 Å². The van der Waals surface area contributed by atoms with Gasteiger partial charge in [-0.15, -0.1) is 11.3 Å². The number of nitrogens with zero attached hydrogens (tertiary/aromatic N) is 3. The first-order chi connectivity index (χ1) is 15.0. The zero-order valence-corrected chi connectivity index (χ0v) is 18.6. The van der Waals surface area contributed by atoms with Gasteiger partial charge >= 0.3 is 0 Å². The fourth-order valence-electron chi connectivity index (χ4n) is 3.78. The largest absolute Gasteiger partial charge is 0.342 e. The lowest BCUT2D eigenvalue weighted by molar-refractivity contribution is -0.131. The normalized spacial score (nSPS) is 16.7. The molecule has 164 valence electrons. The Morgan fingerprint density at radius 2 is 1.84 bits per heavy atom. The number of nitrogens with one attached hydrogen (secondary N) is 1. The third-order valence-electron chi connectivity index (χ3n) is 5.85. The lowest BCUT2D eigenvalue weighted by Crippen LogP contribution is -2.39. The van der Waals surface area contributed by atoms with E-state index in [1.54, 1.807) is 17.0 Å². The summed E-state index contributed by atoms with van der Waals surface area (Å²) in [7, 11) is 0. The number of carbonyl (C=O) groups excluding carboxylic acids is 3. The second-order valence-electron chi connectivity index (χ2n) is 8.46. The predicted octanol–water partition coefficient (Wildman–Crippen LogP) is 3.19. The first-order valence-electron chi connectivity index (χ1n) is 10.9. The molecule has 1 saturated heterocycles. The molecule has 0 radical (unpaired) electrons. The lowest BCUT2D eigenvalue weighted by atomic mass is 9.99. The number of rotatable bonds is 7. The van der Waals surface area contributed by atoms with Gasteiger partial charge in [0.25, 0.3) is 5.91 Å². The van der Waals surface area contributed by atoms with Crippen molar-refractivity contribution in [3.8, 4) is 0 Å². The highest BCUT2D eigenvalue weighted by atomic mass is 32.1. The number of aromatic nitrogens is 1. The Bertz CT molecular complexity index is 933. The molecule has 1 aromatic heterocycles. The van der Waals surface area contributed by atoms with Gasteiger partial charge in [0.2, 0.25) is 11.8 Å². The summed E-state index contributed by atoms with van der Waals surface area (Å²) in [6.07, 6.45) is 4.18. The monoisotopic (exact) mass is 440 g/mol. The maximum atomic E-state index is 12.8. The highest BCUT2D eigenvalue weighted by Crippen LogP contribution is 2.28. The Labute approximate surface area is 186 Å². The van der Waals surface area contributed by atoms with Crippen LogP contribution in [0.5, 0.6) is 0 Å². The van der Waals surface area contributed by atoms with Crippen LogP contribution in [0, 0.1) is 5.92 Å². The summed E-state index contributed by atoms with van der Waals surface area (Å²) in [6.45, 7) is 3.83. The van der Waals surface area contributed by atoms with E-state index < -0.39 is 0 Å². The van der Waals surface area contributed by atoms with Crippen molar-refractivity contribution in [2.24, 2.45) is 5.92 Å². The number of hydrogen-bond donors (Lipinski definition) is 1. The average molecular weight is 441 g/mol. The maximum absolute atomic E-state index is 12.8. The summed E-state index contributed by atoms with van der Waals surface area (Å²) in [5.74, 6) is 0.366. The number of hydrogen-bond acceptors (Lipinski definition) is 5. The van der Waals surface area contributed by atoms with Crippen LogP contribution in [0.15, 0.2) is 35.7 Å². The van der Waals surface area contributed by atoms with Crippen LogP contribution in [-0.4, -0.2) is 58.2 Å². The molecular formula is C23H28N4O3S. The molecule has 0 unspecified atom stereocenters. The summed E-state index contributed by atoms with van der Waals surface area (Å²) in [4.78, 5) is 45.8. The number of anilines is 1. The molecule has 0 atom stereocenters. The van der Waals surface area contributed by atoms with Gasteiger partial charge in [-0.2, -0.15) is 0 Å². The Balaban J connectivity index is 1.31. The molecule has 1 N–H and O–H groups in total. The molecule has 31 heavy (non-hydrogen) atoms. The molecule has 2 heterocycles. The Morgan fingerprint density at radius 1 is 1.13 bits per heavy atom. The maximum Gasteiger partial charge on any atom is 0.254 e. The van der Waals surface area contributed by atoms with Gasteiger partial charge in [-0.05, 0) is 43.7 Å². The molecule has 8 heteroatoms. The van der Waals surface area contributed by atoms with Gasteiger partial charge in [-0.1, -0.05) is 25.1 Å². The molecule has 3 amide bonds. The fraction of sp³-hybridized carbons (Fsp3) is 0.478. The number of amides is 3. The third kappa shape index (κ3) is 5.70. The van der Waals surface area contributed by atoms with Crippen molar-refractivity contribution in [2.75, 3.05) is 25.0 Å². The predicted molar refractivity (Wildman–Crippen MR) is 120 cm³/mol. The number of likely N-dealkylation sites (tertiary alicyclic amines) is 1. The average Bonchev–Trinajstić information content (AvgIpc) is 3.53. The van der Waals surface area contributed by atoms with Crippen molar-refractivity contribution in [2.45, 2.75) is 45.1 Å². The van der Waals surface area contributed by atoms with E-state index in [1.807, 2.05) is 28.5 Å². The summed E-state index contributed by atoms with van der Waals surface area (Å²) in [5.41, 5.74) is 1.26. The molecule has 2 fully saturated rings. The molecule has 4 rings (SSSR count). The highest BCUT2D eigenvalue weighted by molar-refractivity contribution is 7.13. The van der Waals surface area contributed by atoms with E-state index in [-0.39, 0.29) is 36.7 Å². The van der Waals surface area contributed by atoms with Crippen LogP contribution < -0.4 is 5.32 Å². The van der Waals surface area contributed by atoms with Gasteiger partial charge < -0.3 is 15.1 Å². The fourth-order valence-corrected chi connectivity index (χ4v) is 4.51. The van der Waals surface area contributed by atoms with Gasteiger partial charge in [0.15, 0.2) is 5.13 Å². The SMILES string of the molecule is CC1CCN(C(=O)Cc2csc(NC(=O)CN(C(=O)c3ccccc3)C3CC3)n2)CC1. The lowest BCUT2D eigenvalue weighted by Gasteiger charge is -2.30. The summed E-state index contributed by atoms with van der Waals surface area (Å²) < 4.78 is 0. The molecule has 1 aliphatic carbocycles. The van der Waals surface area contributed by atoms with E-state index in [4.69, 9.17) is 0 Å². The number of carbonyl (C=O) groups is 3. The number of piperidine rings is 1. The second-order valence-corrected chi connectivity index (χ2v) is 9.32. The molecule has 1 saturated carbocycles. The van der Waals surface area contributed by atoms with Crippen molar-refractivity contribution < 1.29 is 14.4 Å². The third-order valence-corrected chi connectivity index (χ3v) is 6.66. The van der Waals surface area contributed by atoms with Crippen molar-refractivity contribution in [3.05, 3.63) is 47.0 Å². The van der Waals surface area contributed by atoms with Crippen LogP contribution >= 0.6 is 11.3 Å². The minimum Gasteiger partial charge on any atom is -0.342 e. The molecule has 1 aliphatic heterocycles. The van der Waals surface area contributed by atoms with E-state index in [0.717, 1.165) is 38.8 Å². The van der Waals surface area contributed by atoms with Crippen LogP contribution in [0.25, 0.3) is 0 Å². The minimum atomic E-state index is -0.270. The Morgan fingerprint density at radius 3 is 2.52 bits per heavy atom. The van der Waals surface area contributed by atoms with Crippen LogP contribution in [0.4, 0.5) is 5.13 Å². The number of benzene rings is 1. The molecule has 1 aromatic carbocycles. The van der Waals surface area contributed by atoms with E-state index in [2.05, 4.69) is 17.2 Å². The zero-order chi connectivity index (χ0) is 21.8. The van der Waals surface area contributed by atoms with Crippen LogP contribution in [0.2, 0.25) is 0 Å². The molecular weight excluding hydrogens is 412 g/mol. The summed E-state index contributed by atoms with van der Waals surface area (Å²) in [5, 5.41) is 5.06. The van der Waals surface area contributed by atoms with E-state index in [0.29, 0.717) is 22.3 Å².